The Morgan fingerprint density at radius 3 is 2.50 bits per heavy atom. The molecule has 0 radical (unpaired) electrons. The number of carbonyl (C=O) groups excluding carboxylic acids is 1. The van der Waals surface area contributed by atoms with Gasteiger partial charge in [0.15, 0.2) is 0 Å². The molecule has 0 aliphatic carbocycles. The van der Waals surface area contributed by atoms with Gasteiger partial charge < -0.3 is 19.8 Å². The Morgan fingerprint density at radius 2 is 1.94 bits per heavy atom. The molecule has 1 amide bonds. The van der Waals surface area contributed by atoms with E-state index in [4.69, 9.17) is 10.0 Å². The first-order valence-corrected chi connectivity index (χ1v) is 5.89. The lowest BCUT2D eigenvalue weighted by atomic mass is 9.81. The second kappa shape index (κ2) is 5.37. The van der Waals surface area contributed by atoms with Crippen molar-refractivity contribution in [1.82, 2.24) is 9.88 Å². The lowest BCUT2D eigenvalue weighted by Crippen LogP contribution is -2.48. The van der Waals surface area contributed by atoms with Gasteiger partial charge in [0.25, 0.3) is 0 Å². The van der Waals surface area contributed by atoms with Gasteiger partial charge in [-0.25, -0.2) is 0 Å². The molecule has 0 bridgehead atoms. The van der Waals surface area contributed by atoms with Gasteiger partial charge in [-0.1, -0.05) is 0 Å². The number of anilines is 1. The van der Waals surface area contributed by atoms with Crippen molar-refractivity contribution in [3.8, 4) is 0 Å². The van der Waals surface area contributed by atoms with Gasteiger partial charge in [-0.3, -0.25) is 9.78 Å². The third-order valence-electron chi connectivity index (χ3n) is 3.13. The van der Waals surface area contributed by atoms with E-state index >= 15 is 0 Å². The van der Waals surface area contributed by atoms with E-state index in [1.165, 1.54) is 6.20 Å². The van der Waals surface area contributed by atoms with Crippen LogP contribution in [0, 0.1) is 0 Å². The molecule has 0 spiro atoms. The summed E-state index contributed by atoms with van der Waals surface area (Å²) in [6.07, 6.45) is 3.12. The zero-order chi connectivity index (χ0) is 13.1. The molecule has 1 aromatic heterocycles. The highest BCUT2D eigenvalue weighted by molar-refractivity contribution is 6.58. The number of amides is 1. The summed E-state index contributed by atoms with van der Waals surface area (Å²) in [5, 5.41) is 18.2. The monoisotopic (exact) mass is 249 g/mol. The number of rotatable bonds is 2. The lowest BCUT2D eigenvalue weighted by molar-refractivity contribution is -0.129. The average molecular weight is 249 g/mol. The minimum atomic E-state index is -1.50. The van der Waals surface area contributed by atoms with Gasteiger partial charge >= 0.3 is 7.12 Å². The van der Waals surface area contributed by atoms with Crippen molar-refractivity contribution in [3.63, 3.8) is 0 Å². The van der Waals surface area contributed by atoms with Crippen LogP contribution in [0.25, 0.3) is 0 Å². The number of hydrogen-bond acceptors (Lipinski definition) is 5. The van der Waals surface area contributed by atoms with Crippen LogP contribution in [0.3, 0.4) is 0 Å². The molecule has 1 aliphatic rings. The van der Waals surface area contributed by atoms with Crippen LogP contribution < -0.4 is 10.4 Å². The van der Waals surface area contributed by atoms with E-state index in [0.29, 0.717) is 18.6 Å². The van der Waals surface area contributed by atoms with Gasteiger partial charge in [-0.2, -0.15) is 0 Å². The van der Waals surface area contributed by atoms with E-state index in [1.807, 2.05) is 0 Å². The maximum atomic E-state index is 11.2. The predicted octanol–water partition coefficient (Wildman–Crippen LogP) is -1.57. The Morgan fingerprint density at radius 1 is 1.28 bits per heavy atom. The Kier molecular flexibility index (Phi) is 3.83. The van der Waals surface area contributed by atoms with Crippen molar-refractivity contribution >= 4 is 24.2 Å². The van der Waals surface area contributed by atoms with E-state index in [2.05, 4.69) is 9.88 Å². The summed E-state index contributed by atoms with van der Waals surface area (Å²) in [5.74, 6) is 0.0901. The van der Waals surface area contributed by atoms with Crippen LogP contribution in [0.4, 0.5) is 5.69 Å². The molecule has 0 saturated carbocycles. The molecule has 18 heavy (non-hydrogen) atoms. The van der Waals surface area contributed by atoms with Crippen LogP contribution in [0.2, 0.25) is 0 Å². The highest BCUT2D eigenvalue weighted by Crippen LogP contribution is 2.13. The first-order chi connectivity index (χ1) is 8.58. The molecule has 1 fully saturated rings. The van der Waals surface area contributed by atoms with Gasteiger partial charge in [-0.15, -0.1) is 0 Å². The normalized spacial score (nSPS) is 15.7. The smallest absolute Gasteiger partial charge is 0.423 e. The van der Waals surface area contributed by atoms with Crippen molar-refractivity contribution in [2.24, 2.45) is 0 Å². The molecule has 0 atom stereocenters. The largest absolute Gasteiger partial charge is 0.490 e. The predicted molar refractivity (Wildman–Crippen MR) is 68.5 cm³/mol. The Balaban J connectivity index is 2.05. The van der Waals surface area contributed by atoms with Crippen LogP contribution in [0.15, 0.2) is 18.5 Å². The van der Waals surface area contributed by atoms with Crippen LogP contribution in [-0.4, -0.2) is 59.1 Å². The summed E-state index contributed by atoms with van der Waals surface area (Å²) < 4.78 is 0. The van der Waals surface area contributed by atoms with E-state index in [-0.39, 0.29) is 5.91 Å². The van der Waals surface area contributed by atoms with Crippen LogP contribution >= 0.6 is 0 Å². The molecule has 2 heterocycles. The molecule has 96 valence electrons. The van der Waals surface area contributed by atoms with Crippen molar-refractivity contribution in [1.29, 1.82) is 0 Å². The molecular weight excluding hydrogens is 233 g/mol. The van der Waals surface area contributed by atoms with Gasteiger partial charge in [0, 0.05) is 44.8 Å². The Bertz CT molecular complexity index is 433. The number of hydrogen-bond donors (Lipinski definition) is 2. The molecule has 1 saturated heterocycles. The van der Waals surface area contributed by atoms with Crippen molar-refractivity contribution < 1.29 is 14.8 Å². The first kappa shape index (κ1) is 12.9. The molecule has 0 unspecified atom stereocenters. The fourth-order valence-corrected chi connectivity index (χ4v) is 2.04. The topological polar surface area (TPSA) is 76.9 Å². The summed E-state index contributed by atoms with van der Waals surface area (Å²) in [5.41, 5.74) is 1.23. The third kappa shape index (κ3) is 2.80. The standard InChI is InChI=1S/C11H16BN3O3/c1-9(16)14-2-4-15(5-3-14)11-6-10(12(17)18)7-13-8-11/h6-8,17-18H,2-5H2,1H3. The molecule has 2 rings (SSSR count). The average Bonchev–Trinajstić information content (AvgIpc) is 2.39. The van der Waals surface area contributed by atoms with Crippen LogP contribution in [-0.2, 0) is 4.79 Å². The quantitative estimate of drug-likeness (QED) is 0.619. The molecular formula is C11H16BN3O3. The van der Waals surface area contributed by atoms with Crippen molar-refractivity contribution in [2.75, 3.05) is 31.1 Å². The fourth-order valence-electron chi connectivity index (χ4n) is 2.04. The summed E-state index contributed by atoms with van der Waals surface area (Å²) in [6.45, 7) is 4.39. The zero-order valence-corrected chi connectivity index (χ0v) is 10.3. The zero-order valence-electron chi connectivity index (χ0n) is 10.3. The van der Waals surface area contributed by atoms with Gasteiger partial charge in [0.2, 0.25) is 5.91 Å². The van der Waals surface area contributed by atoms with Crippen LogP contribution in [0.5, 0.6) is 0 Å². The van der Waals surface area contributed by atoms with E-state index in [9.17, 15) is 4.79 Å². The lowest BCUT2D eigenvalue weighted by Gasteiger charge is -2.35. The number of piperazine rings is 1. The van der Waals surface area contributed by atoms with Gasteiger partial charge in [0.05, 0.1) is 11.9 Å². The molecule has 1 aromatic rings. The maximum Gasteiger partial charge on any atom is 0.490 e. The Hall–Kier alpha value is -1.60. The van der Waals surface area contributed by atoms with Gasteiger partial charge in [-0.05, 0) is 6.07 Å². The van der Waals surface area contributed by atoms with Crippen molar-refractivity contribution in [2.45, 2.75) is 6.92 Å². The molecule has 2 N–H and O–H groups in total. The fraction of sp³-hybridized carbons (Fsp3) is 0.455. The van der Waals surface area contributed by atoms with Crippen LogP contribution in [0.1, 0.15) is 6.92 Å². The highest BCUT2D eigenvalue weighted by Gasteiger charge is 2.20. The number of nitrogens with zero attached hydrogens (tertiary/aromatic N) is 3. The molecule has 7 heteroatoms. The van der Waals surface area contributed by atoms with Crippen molar-refractivity contribution in [3.05, 3.63) is 18.5 Å². The first-order valence-electron chi connectivity index (χ1n) is 5.89. The summed E-state index contributed by atoms with van der Waals surface area (Å²) >= 11 is 0. The minimum absolute atomic E-state index is 0.0901. The second-order valence-electron chi connectivity index (χ2n) is 4.34. The molecule has 0 aromatic carbocycles. The third-order valence-corrected chi connectivity index (χ3v) is 3.13. The van der Waals surface area contributed by atoms with E-state index < -0.39 is 7.12 Å². The SMILES string of the molecule is CC(=O)N1CCN(c2cncc(B(O)O)c2)CC1. The maximum absolute atomic E-state index is 11.2. The summed E-state index contributed by atoms with van der Waals surface area (Å²) in [4.78, 5) is 19.1. The summed E-state index contributed by atoms with van der Waals surface area (Å²) in [7, 11) is -1.50. The number of pyridine rings is 1. The van der Waals surface area contributed by atoms with E-state index in [1.54, 1.807) is 24.1 Å². The molecule has 1 aliphatic heterocycles. The van der Waals surface area contributed by atoms with Gasteiger partial charge in [0.1, 0.15) is 0 Å². The summed E-state index contributed by atoms with van der Waals surface area (Å²) in [6, 6.07) is 1.71. The number of aromatic nitrogens is 1. The molecule has 6 nitrogen and oxygen atoms in total. The highest BCUT2D eigenvalue weighted by atomic mass is 16.4. The number of carbonyl (C=O) groups is 1. The second-order valence-corrected chi connectivity index (χ2v) is 4.34. The Labute approximate surface area is 106 Å². The minimum Gasteiger partial charge on any atom is -0.423 e. The van der Waals surface area contributed by atoms with E-state index in [0.717, 1.165) is 18.8 Å².